The summed E-state index contributed by atoms with van der Waals surface area (Å²) in [4.78, 5) is 72.7. The first-order chi connectivity index (χ1) is 64.5. The number of rotatable bonds is 28. The fraction of sp³-hybridized carbons (Fsp3) is 0.449. The summed E-state index contributed by atoms with van der Waals surface area (Å²) in [5.74, 6) is -5.74. The van der Waals surface area contributed by atoms with E-state index in [2.05, 4.69) is 15.9 Å². The van der Waals surface area contributed by atoms with Crippen LogP contribution in [0.15, 0.2) is 168 Å². The number of methoxy groups -OCH3 is 4. The summed E-state index contributed by atoms with van der Waals surface area (Å²) < 4.78 is 90.5. The molecule has 6 heterocycles. The lowest BCUT2D eigenvalue weighted by atomic mass is 9.74. The van der Waals surface area contributed by atoms with E-state index in [-0.39, 0.29) is 113 Å². The van der Waals surface area contributed by atoms with Crippen molar-refractivity contribution in [3.63, 3.8) is 0 Å². The number of hydrogen-bond acceptors (Lipinski definition) is 19. The molecule has 22 nitrogen and oxygen atoms in total. The highest BCUT2D eigenvalue weighted by atomic mass is 79.9. The number of amides is 3. The van der Waals surface area contributed by atoms with Gasteiger partial charge in [0.2, 0.25) is 0 Å². The Hall–Kier alpha value is -8.14. The Kier molecular flexibility index (Phi) is 38.5. The number of fused-ring (bicyclic) bond motifs is 3. The van der Waals surface area contributed by atoms with Crippen LogP contribution in [-0.4, -0.2) is 163 Å². The standard InChI is InChI=1S/C35H38Cl2FNO6.C34H36Cl2FNO6.C30H29BrCl2FNO4.C5H12O3.3CH4/c1-6-34(42,22-13-15-45-16-14-22)24-17-27-30(29(38)18-24)35(44-5,23-8-11-25(36)12-9-23)39(31(27)40)20-21-7-10-26(37)19-28(21)33(2,3)32(41)43-4;1-5-33(42,21-12-14-44-15-13-21)23-16-26-29(28(37)17-23)34(43-4,22-7-10-24(35)11-8-22)38(30(26)39)19-20-6-9-25(36)18-27(20)32(2,3)31(40)41;1-3-29(37,19-10-12-39-13-11-19)21-14-24-27(26(34)15-21)30(38-2,20-5-8-22(32)9-6-20)35(28(24)36)17-18-4-7-23(33)16-25(18)31;1-5(2-6,3-7)4-8;;;/h7-12,17-19,22,42H,6,13-16,20H2,1-5H3;6-11,16-18,21,42H,5,12-15,19H2,1-4H3,(H,40,41);4-9,14-16,19,37H,3,10-13,17H2,1-2H3;6-8H,2-4H2,1H3;3*1H4/p-1/t34-,35+;33-,34+;29-,30?;;;;/m000..../s1. The average Bonchev–Trinajstić information content (AvgIpc) is 1.56. The van der Waals surface area contributed by atoms with Crippen molar-refractivity contribution < 1.29 is 106 Å². The SMILES string of the molecule is C.C.C.CC(CO)(CO)CO.CC[C@@](O)(c1cc(F)c2c(c1)C(=O)N(Cc1ccc(Cl)cc1Br)C2(OC)c1ccc(Cl)cc1)C1CCOCC1.CC[C@@](O)(c1cc(F)c2c(c1)C(=O)N(Cc1ccc(Cl)cc1C(C)(C)C(=O)OC)[C@@]2(OC)c1ccc(Cl)cc1)C1CCOCC1.CC[C@@](O)(c1cc(F)c2c(c1)C(=O)N(Cc1ccc(Cl)cc1C(C)(C)C(=O)[O-])[C@@]2(OC)c1ccc(Cl)cc1)C1CCOCC1. The molecule has 15 rings (SSSR count). The molecule has 0 radical (unpaired) electrons. The van der Waals surface area contributed by atoms with Gasteiger partial charge in [-0.1, -0.05) is 204 Å². The monoisotopic (exact) mass is 2100 g/mol. The van der Waals surface area contributed by atoms with Gasteiger partial charge < -0.3 is 73.7 Å². The second-order valence-electron chi connectivity index (χ2n) is 36.5. The zero-order valence-electron chi connectivity index (χ0n) is 77.8. The predicted octanol–water partition coefficient (Wildman–Crippen LogP) is 21.1. The second-order valence-corrected chi connectivity index (χ2v) is 40.0. The van der Waals surface area contributed by atoms with E-state index in [1.807, 2.05) is 26.8 Å². The van der Waals surface area contributed by atoms with Gasteiger partial charge in [-0.15, -0.1) is 0 Å². The van der Waals surface area contributed by atoms with Crippen molar-refractivity contribution in [1.82, 2.24) is 14.7 Å². The molecule has 0 aromatic heterocycles. The van der Waals surface area contributed by atoms with E-state index in [1.54, 1.807) is 154 Å². The van der Waals surface area contributed by atoms with Crippen molar-refractivity contribution in [2.45, 2.75) is 200 Å². The Morgan fingerprint density at radius 1 is 0.417 bits per heavy atom. The number of carboxylic acid groups (broad SMARTS) is 1. The predicted molar refractivity (Wildman–Crippen MR) is 534 cm³/mol. The summed E-state index contributed by atoms with van der Waals surface area (Å²) in [5, 5.41) is 76.0. The topological polar surface area (TPSA) is 304 Å². The van der Waals surface area contributed by atoms with Crippen LogP contribution in [0.2, 0.25) is 30.1 Å². The van der Waals surface area contributed by atoms with Gasteiger partial charge in [0.1, 0.15) is 17.5 Å². The molecule has 6 N–H and O–H groups in total. The van der Waals surface area contributed by atoms with Crippen molar-refractivity contribution in [3.8, 4) is 0 Å². The summed E-state index contributed by atoms with van der Waals surface area (Å²) in [6.07, 6.45) is 4.76. The maximum absolute atomic E-state index is 16.7. The molecule has 0 saturated carbocycles. The number of carbonyl (C=O) groups excluding carboxylic acids is 5. The fourth-order valence-electron chi connectivity index (χ4n) is 19.9. The van der Waals surface area contributed by atoms with Crippen molar-refractivity contribution >= 4 is 115 Å². The molecule has 3 saturated heterocycles. The first-order valence-corrected chi connectivity index (χ1v) is 48.0. The number of benzene rings is 9. The Bertz CT molecular complexity index is 5860. The van der Waals surface area contributed by atoms with Gasteiger partial charge in [-0.3, -0.25) is 33.9 Å². The van der Waals surface area contributed by atoms with E-state index >= 15 is 13.2 Å². The number of hydrogen-bond donors (Lipinski definition) is 6. The van der Waals surface area contributed by atoms with E-state index in [1.165, 1.54) is 81.3 Å². The molecule has 9 aromatic rings. The molecule has 6 atom stereocenters. The summed E-state index contributed by atoms with van der Waals surface area (Å²) in [6, 6.07) is 44.0. The molecule has 32 heteroatoms. The highest BCUT2D eigenvalue weighted by Gasteiger charge is 2.59. The van der Waals surface area contributed by atoms with Crippen LogP contribution < -0.4 is 5.11 Å². The Morgan fingerprint density at radius 2 is 0.676 bits per heavy atom. The van der Waals surface area contributed by atoms with Gasteiger partial charge in [-0.05, 0) is 243 Å². The third-order valence-corrected chi connectivity index (χ3v) is 30.3. The lowest BCUT2D eigenvalue weighted by Crippen LogP contribution is -2.47. The van der Waals surface area contributed by atoms with Crippen molar-refractivity contribution in [1.29, 1.82) is 0 Å². The van der Waals surface area contributed by atoms with Crippen LogP contribution in [-0.2, 0) is 107 Å². The number of carbonyl (C=O) groups is 5. The largest absolute Gasteiger partial charge is 0.549 e. The first-order valence-electron chi connectivity index (χ1n) is 45.0. The number of aliphatic hydroxyl groups excluding tert-OH is 3. The van der Waals surface area contributed by atoms with Crippen LogP contribution in [0.4, 0.5) is 13.2 Å². The lowest BCUT2D eigenvalue weighted by Gasteiger charge is -2.40. The quantitative estimate of drug-likeness (QED) is 0.0248. The summed E-state index contributed by atoms with van der Waals surface area (Å²) in [7, 11) is 5.57. The van der Waals surface area contributed by atoms with Gasteiger partial charge in [0, 0.05) is 136 Å². The maximum Gasteiger partial charge on any atom is 0.315 e. The van der Waals surface area contributed by atoms with Crippen LogP contribution in [0.1, 0.15) is 244 Å². The van der Waals surface area contributed by atoms with E-state index in [9.17, 15) is 44.4 Å². The minimum Gasteiger partial charge on any atom is -0.549 e. The van der Waals surface area contributed by atoms with E-state index < -0.39 is 97.3 Å². The number of aliphatic hydroxyl groups is 6. The molecule has 1 unspecified atom stereocenters. The van der Waals surface area contributed by atoms with Crippen molar-refractivity contribution in [2.75, 3.05) is 87.9 Å². The molecule has 0 bridgehead atoms. The van der Waals surface area contributed by atoms with Gasteiger partial charge in [-0.25, -0.2) is 13.2 Å². The number of esters is 1. The minimum atomic E-state index is -1.74. The molecule has 3 fully saturated rings. The maximum atomic E-state index is 16.7. The number of halogens is 10. The van der Waals surface area contributed by atoms with Gasteiger partial charge in [0.05, 0.1) is 95.0 Å². The summed E-state index contributed by atoms with van der Waals surface area (Å²) in [6.45, 7) is 16.0. The number of nitrogens with zero attached hydrogens (tertiary/aromatic N) is 3. The Morgan fingerprint density at radius 3 is 0.921 bits per heavy atom. The van der Waals surface area contributed by atoms with Crippen LogP contribution in [0.5, 0.6) is 0 Å². The molecule has 6 aliphatic rings. The van der Waals surface area contributed by atoms with Crippen molar-refractivity contribution in [2.24, 2.45) is 23.2 Å². The highest BCUT2D eigenvalue weighted by molar-refractivity contribution is 9.10. The molecule has 3 amide bonds. The number of carboxylic acids is 1. The van der Waals surface area contributed by atoms with Crippen molar-refractivity contribution in [3.05, 3.63) is 310 Å². The molecule has 0 aliphatic carbocycles. The first kappa shape index (κ1) is 114. The fourth-order valence-corrected chi connectivity index (χ4v) is 21.4. The number of ether oxygens (including phenoxy) is 7. The van der Waals surface area contributed by atoms with E-state index in [4.69, 9.17) is 118 Å². The van der Waals surface area contributed by atoms with Gasteiger partial charge in [-0.2, -0.15) is 0 Å². The lowest BCUT2D eigenvalue weighted by molar-refractivity contribution is -0.312. The molecular weight excluding hydrogens is 1980 g/mol. The van der Waals surface area contributed by atoms with Gasteiger partial charge >= 0.3 is 5.97 Å². The van der Waals surface area contributed by atoms with Crippen LogP contribution in [0.3, 0.4) is 0 Å². The van der Waals surface area contributed by atoms with Crippen LogP contribution >= 0.6 is 85.5 Å². The zero-order valence-corrected chi connectivity index (χ0v) is 83.9. The molecule has 139 heavy (non-hydrogen) atoms. The van der Waals surface area contributed by atoms with Gasteiger partial charge in [0.15, 0.2) is 17.2 Å². The molecule has 0 spiro atoms. The second kappa shape index (κ2) is 46.7. The normalized spacial score (nSPS) is 19.7. The average molecular weight is 2110 g/mol. The third-order valence-electron chi connectivity index (χ3n) is 28.1. The molecule has 754 valence electrons. The summed E-state index contributed by atoms with van der Waals surface area (Å²) in [5.41, 5.74) is -6.71. The Labute approximate surface area is 851 Å². The van der Waals surface area contributed by atoms with Gasteiger partial charge in [0.25, 0.3) is 17.7 Å². The summed E-state index contributed by atoms with van der Waals surface area (Å²) >= 11 is 41.0. The van der Waals surface area contributed by atoms with Crippen LogP contribution in [0, 0.1) is 40.6 Å². The number of aliphatic carboxylic acids is 1. The smallest absolute Gasteiger partial charge is 0.315 e. The van der Waals surface area contributed by atoms with E-state index in [0.717, 1.165) is 5.56 Å². The molecule has 9 aromatic carbocycles. The molecule has 6 aliphatic heterocycles. The van der Waals surface area contributed by atoms with Crippen LogP contribution in [0.25, 0.3) is 0 Å². The minimum absolute atomic E-state index is 0. The Balaban J connectivity index is 0.000000222. The van der Waals surface area contributed by atoms with E-state index in [0.29, 0.717) is 188 Å². The molecular formula is C107H126BrCl6F3N3O19-. The highest BCUT2D eigenvalue weighted by Crippen LogP contribution is 2.56. The zero-order chi connectivity index (χ0) is 99.3. The third kappa shape index (κ3) is 21.8.